The van der Waals surface area contributed by atoms with E-state index in [9.17, 15) is 9.59 Å². The number of fused-ring (bicyclic) bond motifs is 2. The van der Waals surface area contributed by atoms with E-state index in [2.05, 4.69) is 17.3 Å². The fourth-order valence-corrected chi connectivity index (χ4v) is 4.10. The molecule has 21 heavy (non-hydrogen) atoms. The molecule has 2 amide bonds. The number of carbonyl (C=O) groups is 2. The monoisotopic (exact) mass is 295 g/mol. The number of hydrogen-bond acceptors (Lipinski definition) is 3. The molecule has 3 fully saturated rings. The van der Waals surface area contributed by atoms with Crippen molar-refractivity contribution in [2.24, 2.45) is 5.92 Å². The number of hydrogen-bond donors (Lipinski definition) is 2. The van der Waals surface area contributed by atoms with Gasteiger partial charge < -0.3 is 15.3 Å². The van der Waals surface area contributed by atoms with Crippen molar-refractivity contribution in [3.05, 3.63) is 0 Å². The number of likely N-dealkylation sites (tertiary alicyclic amines) is 1. The van der Waals surface area contributed by atoms with Gasteiger partial charge >= 0.3 is 12.0 Å². The highest BCUT2D eigenvalue weighted by Crippen LogP contribution is 2.29. The zero-order valence-corrected chi connectivity index (χ0v) is 12.6. The van der Waals surface area contributed by atoms with Crippen LogP contribution in [0.2, 0.25) is 0 Å². The van der Waals surface area contributed by atoms with Gasteiger partial charge in [0.25, 0.3) is 0 Å². The molecule has 1 saturated carbocycles. The van der Waals surface area contributed by atoms with E-state index in [1.165, 1.54) is 12.8 Å². The van der Waals surface area contributed by atoms with Gasteiger partial charge in [0.1, 0.15) is 0 Å². The Morgan fingerprint density at radius 1 is 1.10 bits per heavy atom. The molecule has 118 valence electrons. The molecule has 1 aliphatic carbocycles. The summed E-state index contributed by atoms with van der Waals surface area (Å²) in [5.41, 5.74) is 0. The first-order valence-corrected chi connectivity index (χ1v) is 8.04. The maximum atomic E-state index is 12.4. The van der Waals surface area contributed by atoms with E-state index in [-0.39, 0.29) is 18.0 Å². The van der Waals surface area contributed by atoms with Crippen LogP contribution in [0.5, 0.6) is 0 Å². The predicted molar refractivity (Wildman–Crippen MR) is 78.1 cm³/mol. The largest absolute Gasteiger partial charge is 0.481 e. The number of urea groups is 1. The molecule has 3 rings (SSSR count). The standard InChI is InChI=1S/C15H25N3O3/c1-17-12-4-5-13(17)9-18(7-6-12)15(21)16-11-3-2-10(8-11)14(19)20/h10-13H,2-9H2,1H3,(H,16,21)(H,19,20). The molecular formula is C15H25N3O3. The van der Waals surface area contributed by atoms with Crippen LogP contribution >= 0.6 is 0 Å². The van der Waals surface area contributed by atoms with E-state index in [4.69, 9.17) is 5.11 Å². The van der Waals surface area contributed by atoms with Crippen LogP contribution in [0.15, 0.2) is 0 Å². The van der Waals surface area contributed by atoms with E-state index in [0.29, 0.717) is 24.9 Å². The van der Waals surface area contributed by atoms with Crippen LogP contribution < -0.4 is 5.32 Å². The lowest BCUT2D eigenvalue weighted by Crippen LogP contribution is -2.47. The van der Waals surface area contributed by atoms with Crippen molar-refractivity contribution < 1.29 is 14.7 Å². The van der Waals surface area contributed by atoms with Crippen molar-refractivity contribution in [1.29, 1.82) is 0 Å². The maximum Gasteiger partial charge on any atom is 0.317 e. The number of nitrogens with zero attached hydrogens (tertiary/aromatic N) is 2. The summed E-state index contributed by atoms with van der Waals surface area (Å²) < 4.78 is 0. The number of rotatable bonds is 2. The van der Waals surface area contributed by atoms with Gasteiger partial charge in [-0.2, -0.15) is 0 Å². The Hall–Kier alpha value is -1.30. The van der Waals surface area contributed by atoms with Gasteiger partial charge in [-0.3, -0.25) is 9.69 Å². The molecule has 0 spiro atoms. The van der Waals surface area contributed by atoms with Gasteiger partial charge in [-0.25, -0.2) is 4.79 Å². The van der Waals surface area contributed by atoms with Crippen molar-refractivity contribution >= 4 is 12.0 Å². The molecule has 2 saturated heterocycles. The van der Waals surface area contributed by atoms with Gasteiger partial charge in [0.05, 0.1) is 5.92 Å². The van der Waals surface area contributed by atoms with Crippen molar-refractivity contribution in [1.82, 2.24) is 15.1 Å². The minimum Gasteiger partial charge on any atom is -0.481 e. The molecule has 0 aromatic rings. The molecule has 2 bridgehead atoms. The number of carboxylic acid groups (broad SMARTS) is 1. The second-order valence-electron chi connectivity index (χ2n) is 6.78. The molecule has 6 nitrogen and oxygen atoms in total. The van der Waals surface area contributed by atoms with Crippen LogP contribution in [0.3, 0.4) is 0 Å². The molecule has 0 aromatic heterocycles. The predicted octanol–water partition coefficient (Wildman–Crippen LogP) is 1.12. The highest BCUT2D eigenvalue weighted by molar-refractivity contribution is 5.75. The van der Waals surface area contributed by atoms with Gasteiger partial charge in [-0.1, -0.05) is 0 Å². The van der Waals surface area contributed by atoms with Crippen LogP contribution in [0.4, 0.5) is 4.79 Å². The fraction of sp³-hybridized carbons (Fsp3) is 0.867. The zero-order chi connectivity index (χ0) is 15.0. The minimum atomic E-state index is -0.736. The number of amides is 2. The molecule has 2 N–H and O–H groups in total. The SMILES string of the molecule is CN1C2CCC1CN(C(=O)NC1CCC(C(=O)O)C1)CC2. The summed E-state index contributed by atoms with van der Waals surface area (Å²) >= 11 is 0. The minimum absolute atomic E-state index is 0.00742. The third-order valence-electron chi connectivity index (χ3n) is 5.55. The Morgan fingerprint density at radius 2 is 1.86 bits per heavy atom. The highest BCUT2D eigenvalue weighted by Gasteiger charge is 2.37. The Morgan fingerprint density at radius 3 is 2.57 bits per heavy atom. The van der Waals surface area contributed by atoms with Crippen molar-refractivity contribution in [3.8, 4) is 0 Å². The van der Waals surface area contributed by atoms with Gasteiger partial charge in [0, 0.05) is 31.2 Å². The fourth-order valence-electron chi connectivity index (χ4n) is 4.10. The first-order chi connectivity index (χ1) is 10.0. The van der Waals surface area contributed by atoms with E-state index in [1.807, 2.05) is 4.90 Å². The summed E-state index contributed by atoms with van der Waals surface area (Å²) in [7, 11) is 2.16. The smallest absolute Gasteiger partial charge is 0.317 e. The third-order valence-corrected chi connectivity index (χ3v) is 5.55. The highest BCUT2D eigenvalue weighted by atomic mass is 16.4. The number of carbonyl (C=O) groups excluding carboxylic acids is 1. The summed E-state index contributed by atoms with van der Waals surface area (Å²) in [5, 5.41) is 12.1. The van der Waals surface area contributed by atoms with Crippen molar-refractivity contribution in [2.45, 2.75) is 56.7 Å². The average Bonchev–Trinajstić information content (AvgIpc) is 2.95. The van der Waals surface area contributed by atoms with Crippen LogP contribution in [-0.2, 0) is 4.79 Å². The zero-order valence-electron chi connectivity index (χ0n) is 12.6. The second-order valence-corrected chi connectivity index (χ2v) is 6.78. The second kappa shape index (κ2) is 5.83. The van der Waals surface area contributed by atoms with Crippen molar-refractivity contribution in [2.75, 3.05) is 20.1 Å². The summed E-state index contributed by atoms with van der Waals surface area (Å²) in [6.45, 7) is 1.61. The molecular weight excluding hydrogens is 270 g/mol. The molecule has 4 unspecified atom stereocenters. The summed E-state index contributed by atoms with van der Waals surface area (Å²) in [5.74, 6) is -1.03. The number of carboxylic acids is 1. The molecule has 2 aliphatic heterocycles. The van der Waals surface area contributed by atoms with Crippen LogP contribution in [0.25, 0.3) is 0 Å². The summed E-state index contributed by atoms with van der Waals surface area (Å²) in [6.07, 6.45) is 5.49. The topological polar surface area (TPSA) is 72.9 Å². The van der Waals surface area contributed by atoms with Gasteiger partial charge in [-0.05, 0) is 45.6 Å². The van der Waals surface area contributed by atoms with E-state index < -0.39 is 5.97 Å². The van der Waals surface area contributed by atoms with Gasteiger partial charge in [-0.15, -0.1) is 0 Å². The molecule has 4 atom stereocenters. The van der Waals surface area contributed by atoms with Crippen LogP contribution in [0.1, 0.15) is 38.5 Å². The van der Waals surface area contributed by atoms with Gasteiger partial charge in [0.15, 0.2) is 0 Å². The molecule has 2 heterocycles. The lowest BCUT2D eigenvalue weighted by molar-refractivity contribution is -0.141. The Kier molecular flexibility index (Phi) is 4.06. The summed E-state index contributed by atoms with van der Waals surface area (Å²) in [6, 6.07) is 1.12. The molecule has 3 aliphatic rings. The maximum absolute atomic E-state index is 12.4. The van der Waals surface area contributed by atoms with E-state index in [1.54, 1.807) is 0 Å². The van der Waals surface area contributed by atoms with Crippen LogP contribution in [0, 0.1) is 5.92 Å². The van der Waals surface area contributed by atoms with E-state index in [0.717, 1.165) is 25.9 Å². The third kappa shape index (κ3) is 3.00. The summed E-state index contributed by atoms with van der Waals surface area (Å²) in [4.78, 5) is 27.7. The Bertz CT molecular complexity index is 428. The molecule has 0 aromatic carbocycles. The van der Waals surface area contributed by atoms with Gasteiger partial charge in [0.2, 0.25) is 0 Å². The lowest BCUT2D eigenvalue weighted by Gasteiger charge is -2.27. The quantitative estimate of drug-likeness (QED) is 0.800. The van der Waals surface area contributed by atoms with Crippen molar-refractivity contribution in [3.63, 3.8) is 0 Å². The first kappa shape index (κ1) is 14.6. The number of nitrogens with one attached hydrogen (secondary N) is 1. The lowest BCUT2D eigenvalue weighted by atomic mass is 10.1. The van der Waals surface area contributed by atoms with E-state index >= 15 is 0 Å². The molecule has 6 heteroatoms. The number of aliphatic carboxylic acids is 1. The number of likely N-dealkylation sites (N-methyl/N-ethyl adjacent to an activating group) is 1. The first-order valence-electron chi connectivity index (χ1n) is 8.04. The van der Waals surface area contributed by atoms with Crippen LogP contribution in [-0.4, -0.2) is 65.2 Å². The Balaban J connectivity index is 1.53. The average molecular weight is 295 g/mol. The normalized spacial score (nSPS) is 36.5. The molecule has 0 radical (unpaired) electrons. The Labute approximate surface area is 125 Å².